The minimum Gasteiger partial charge on any atom is -0.346 e. The lowest BCUT2D eigenvalue weighted by Crippen LogP contribution is -2.46. The lowest BCUT2D eigenvalue weighted by Gasteiger charge is -2.15. The summed E-state index contributed by atoms with van der Waals surface area (Å²) >= 11 is 2.93. The maximum absolute atomic E-state index is 13.5. The number of carbonyl (C=O) groups excluding carboxylic acids is 2. The maximum atomic E-state index is 13.5. The molecule has 0 saturated carbocycles. The van der Waals surface area contributed by atoms with Crippen LogP contribution in [0.3, 0.4) is 0 Å². The van der Waals surface area contributed by atoms with Crippen LogP contribution in [-0.4, -0.2) is 24.4 Å². The molecule has 0 bridgehead atoms. The minimum absolute atomic E-state index is 0.0885. The number of benzene rings is 1. The van der Waals surface area contributed by atoms with E-state index in [-0.39, 0.29) is 10.4 Å². The van der Waals surface area contributed by atoms with Gasteiger partial charge in [0.25, 0.3) is 0 Å². The molecule has 8 heteroatoms. The van der Waals surface area contributed by atoms with Gasteiger partial charge in [0.2, 0.25) is 11.8 Å². The molecule has 1 atom stereocenters. The Morgan fingerprint density at radius 2 is 1.81 bits per heavy atom. The zero-order valence-electron chi connectivity index (χ0n) is 11.5. The maximum Gasteiger partial charge on any atom is 0.243 e. The Kier molecular flexibility index (Phi) is 6.22. The molecule has 0 aliphatic rings. The molecule has 0 unspecified atom stereocenters. The number of carbonyl (C=O) groups is 2. The second-order valence-corrected chi connectivity index (χ2v) is 5.70. The van der Waals surface area contributed by atoms with E-state index < -0.39 is 41.7 Å². The highest BCUT2D eigenvalue weighted by molar-refractivity contribution is 9.10. The van der Waals surface area contributed by atoms with E-state index in [0.29, 0.717) is 0 Å². The summed E-state index contributed by atoms with van der Waals surface area (Å²) in [5.74, 6) is -3.17. The third-order valence-electron chi connectivity index (χ3n) is 2.72. The summed E-state index contributed by atoms with van der Waals surface area (Å²) < 4.78 is 27.2. The molecule has 0 aliphatic carbocycles. The van der Waals surface area contributed by atoms with Gasteiger partial charge < -0.3 is 16.4 Å². The predicted octanol–water partition coefficient (Wildman–Crippen LogP) is 1.77. The zero-order chi connectivity index (χ0) is 16.2. The van der Waals surface area contributed by atoms with Gasteiger partial charge in [-0.2, -0.15) is 0 Å². The van der Waals surface area contributed by atoms with Crippen molar-refractivity contribution in [3.63, 3.8) is 0 Å². The lowest BCUT2D eigenvalue weighted by atomic mass is 10.1. The van der Waals surface area contributed by atoms with Crippen molar-refractivity contribution >= 4 is 33.4 Å². The van der Waals surface area contributed by atoms with Gasteiger partial charge in [0.15, 0.2) is 11.6 Å². The van der Waals surface area contributed by atoms with Crippen LogP contribution in [-0.2, 0) is 9.59 Å². The summed E-state index contributed by atoms with van der Waals surface area (Å²) in [4.78, 5) is 23.1. The Balaban J connectivity index is 2.61. The summed E-state index contributed by atoms with van der Waals surface area (Å²) in [6.07, 6.45) is 0. The number of amides is 2. The van der Waals surface area contributed by atoms with Crippen LogP contribution in [0.25, 0.3) is 0 Å². The number of rotatable bonds is 5. The molecule has 5 nitrogen and oxygen atoms in total. The monoisotopic (exact) mass is 363 g/mol. The fourth-order valence-corrected chi connectivity index (χ4v) is 1.84. The van der Waals surface area contributed by atoms with Gasteiger partial charge in [0.05, 0.1) is 12.6 Å². The van der Waals surface area contributed by atoms with Crippen molar-refractivity contribution in [3.05, 3.63) is 28.2 Å². The van der Waals surface area contributed by atoms with E-state index >= 15 is 0 Å². The van der Waals surface area contributed by atoms with Crippen molar-refractivity contribution in [3.8, 4) is 0 Å². The number of anilines is 1. The van der Waals surface area contributed by atoms with Crippen molar-refractivity contribution < 1.29 is 18.4 Å². The topological polar surface area (TPSA) is 84.2 Å². The van der Waals surface area contributed by atoms with Crippen LogP contribution in [0.5, 0.6) is 0 Å². The van der Waals surface area contributed by atoms with Crippen molar-refractivity contribution in [2.75, 3.05) is 11.9 Å². The van der Waals surface area contributed by atoms with Crippen LogP contribution in [0.1, 0.15) is 13.8 Å². The Hall–Kier alpha value is -1.54. The van der Waals surface area contributed by atoms with Crippen LogP contribution in [0.4, 0.5) is 14.5 Å². The van der Waals surface area contributed by atoms with Crippen molar-refractivity contribution in [1.29, 1.82) is 0 Å². The van der Waals surface area contributed by atoms with Gasteiger partial charge in [-0.15, -0.1) is 0 Å². The quantitative estimate of drug-likeness (QED) is 0.745. The SMILES string of the molecule is CC(C)[C@H](N)C(=O)NCC(=O)Nc1c(F)cc(Br)cc1F. The van der Waals surface area contributed by atoms with Crippen molar-refractivity contribution in [2.24, 2.45) is 11.7 Å². The first-order valence-electron chi connectivity index (χ1n) is 6.20. The third-order valence-corrected chi connectivity index (χ3v) is 3.17. The largest absolute Gasteiger partial charge is 0.346 e. The molecule has 1 rings (SSSR count). The van der Waals surface area contributed by atoms with Crippen LogP contribution in [0, 0.1) is 17.6 Å². The Morgan fingerprint density at radius 1 is 1.29 bits per heavy atom. The van der Waals surface area contributed by atoms with Gasteiger partial charge >= 0.3 is 0 Å². The van der Waals surface area contributed by atoms with E-state index in [1.54, 1.807) is 13.8 Å². The summed E-state index contributed by atoms with van der Waals surface area (Å²) in [6, 6.07) is 1.29. The van der Waals surface area contributed by atoms with Crippen LogP contribution >= 0.6 is 15.9 Å². The molecule has 4 N–H and O–H groups in total. The Morgan fingerprint density at radius 3 is 2.29 bits per heavy atom. The number of hydrogen-bond donors (Lipinski definition) is 3. The normalized spacial score (nSPS) is 12.1. The number of hydrogen-bond acceptors (Lipinski definition) is 3. The van der Waals surface area contributed by atoms with Gasteiger partial charge in [0, 0.05) is 4.47 Å². The highest BCUT2D eigenvalue weighted by atomic mass is 79.9. The predicted molar refractivity (Wildman–Crippen MR) is 78.5 cm³/mol. The van der Waals surface area contributed by atoms with Gasteiger partial charge in [-0.1, -0.05) is 29.8 Å². The zero-order valence-corrected chi connectivity index (χ0v) is 13.1. The summed E-state index contributed by atoms with van der Waals surface area (Å²) in [7, 11) is 0. The average Bonchev–Trinajstić information content (AvgIpc) is 2.39. The van der Waals surface area contributed by atoms with E-state index in [4.69, 9.17) is 5.73 Å². The summed E-state index contributed by atoms with van der Waals surface area (Å²) in [5, 5.41) is 4.37. The number of nitrogens with two attached hydrogens (primary N) is 1. The molecule has 0 aliphatic heterocycles. The molecular formula is C13H16BrF2N3O2. The summed E-state index contributed by atoms with van der Waals surface area (Å²) in [5.41, 5.74) is 5.03. The molecule has 0 aromatic heterocycles. The fourth-order valence-electron chi connectivity index (χ4n) is 1.43. The molecule has 2 amide bonds. The van der Waals surface area contributed by atoms with Crippen molar-refractivity contribution in [1.82, 2.24) is 5.32 Å². The first-order valence-corrected chi connectivity index (χ1v) is 6.99. The van der Waals surface area contributed by atoms with E-state index in [1.807, 2.05) is 0 Å². The molecule has 1 aromatic carbocycles. The first-order chi connectivity index (χ1) is 9.72. The molecule has 0 fully saturated rings. The number of halogens is 3. The minimum atomic E-state index is -0.916. The van der Waals surface area contributed by atoms with Crippen LogP contribution in [0.15, 0.2) is 16.6 Å². The first kappa shape index (κ1) is 17.5. The van der Waals surface area contributed by atoms with E-state index in [2.05, 4.69) is 26.6 Å². The van der Waals surface area contributed by atoms with Crippen LogP contribution < -0.4 is 16.4 Å². The highest BCUT2D eigenvalue weighted by Crippen LogP contribution is 2.23. The van der Waals surface area contributed by atoms with Crippen LogP contribution in [0.2, 0.25) is 0 Å². The molecule has 116 valence electrons. The van der Waals surface area contributed by atoms with Gasteiger partial charge in [0.1, 0.15) is 5.69 Å². The van der Waals surface area contributed by atoms with Gasteiger partial charge in [-0.05, 0) is 18.1 Å². The second-order valence-electron chi connectivity index (χ2n) is 4.78. The molecular weight excluding hydrogens is 348 g/mol. The molecule has 0 spiro atoms. The number of nitrogens with one attached hydrogen (secondary N) is 2. The van der Waals surface area contributed by atoms with Gasteiger partial charge in [-0.3, -0.25) is 9.59 Å². The Labute approximate surface area is 129 Å². The van der Waals surface area contributed by atoms with E-state index in [9.17, 15) is 18.4 Å². The molecule has 0 saturated heterocycles. The van der Waals surface area contributed by atoms with Crippen molar-refractivity contribution in [2.45, 2.75) is 19.9 Å². The lowest BCUT2D eigenvalue weighted by molar-refractivity contribution is -0.125. The van der Waals surface area contributed by atoms with E-state index in [0.717, 1.165) is 12.1 Å². The second kappa shape index (κ2) is 7.46. The van der Waals surface area contributed by atoms with E-state index in [1.165, 1.54) is 0 Å². The molecule has 1 aromatic rings. The molecule has 0 heterocycles. The average molecular weight is 364 g/mol. The molecule has 21 heavy (non-hydrogen) atoms. The highest BCUT2D eigenvalue weighted by Gasteiger charge is 2.18. The third kappa shape index (κ3) is 5.05. The molecule has 0 radical (unpaired) electrons. The smallest absolute Gasteiger partial charge is 0.243 e. The fraction of sp³-hybridized carbons (Fsp3) is 0.385. The Bertz CT molecular complexity index is 529. The standard InChI is InChI=1S/C13H16BrF2N3O2/c1-6(2)11(17)13(21)18-5-10(20)19-12-8(15)3-7(14)4-9(12)16/h3-4,6,11H,5,17H2,1-2H3,(H,18,21)(H,19,20)/t11-/m0/s1. The van der Waals surface area contributed by atoms with Gasteiger partial charge in [-0.25, -0.2) is 8.78 Å². The summed E-state index contributed by atoms with van der Waals surface area (Å²) in [6.45, 7) is 3.10.